The molecular weight excluding hydrogens is 430 g/mol. The summed E-state index contributed by atoms with van der Waals surface area (Å²) in [5.41, 5.74) is 0.776. The van der Waals surface area contributed by atoms with Crippen molar-refractivity contribution in [3.05, 3.63) is 36.0 Å². The standard InChI is InChI=1S/C26H38F2O5/c1-3-4-12-23(33-25-14-9-10-17-32-25)26(27,28)16-15-20-19(2)18-22(29)21(20)11-7-5-6-8-13-24(30)31/h5,7,15-16,18,20-21,23,25H,3-4,6,8-14,17H2,1-2H3,(H,30,31)/b7-5-,16-15+/t20-,21+,23?,25?/m0/s1. The normalized spacial score (nSPS) is 25.2. The molecule has 0 spiro atoms. The van der Waals surface area contributed by atoms with Gasteiger partial charge in [0.2, 0.25) is 0 Å². The van der Waals surface area contributed by atoms with Gasteiger partial charge in [-0.05, 0) is 64.0 Å². The molecule has 7 heteroatoms. The lowest BCUT2D eigenvalue weighted by Gasteiger charge is -2.31. The predicted molar refractivity (Wildman–Crippen MR) is 123 cm³/mol. The first-order valence-electron chi connectivity index (χ1n) is 12.2. The fraction of sp³-hybridized carbons (Fsp3) is 0.692. The zero-order valence-electron chi connectivity index (χ0n) is 19.8. The maximum atomic E-state index is 15.2. The maximum Gasteiger partial charge on any atom is 0.303 e. The number of hydrogen-bond acceptors (Lipinski definition) is 4. The average molecular weight is 469 g/mol. The van der Waals surface area contributed by atoms with E-state index in [0.717, 1.165) is 30.9 Å². The predicted octanol–water partition coefficient (Wildman–Crippen LogP) is 6.24. The lowest BCUT2D eigenvalue weighted by Crippen LogP contribution is -2.39. The van der Waals surface area contributed by atoms with Gasteiger partial charge in [0, 0.05) is 24.9 Å². The second-order valence-corrected chi connectivity index (χ2v) is 9.01. The topological polar surface area (TPSA) is 72.8 Å². The molecule has 0 radical (unpaired) electrons. The number of allylic oxidation sites excluding steroid dienone is 5. The first-order valence-corrected chi connectivity index (χ1v) is 12.2. The van der Waals surface area contributed by atoms with Crippen LogP contribution in [0.2, 0.25) is 0 Å². The van der Waals surface area contributed by atoms with Crippen molar-refractivity contribution in [1.82, 2.24) is 0 Å². The zero-order valence-corrected chi connectivity index (χ0v) is 19.8. The van der Waals surface area contributed by atoms with Crippen molar-refractivity contribution in [2.75, 3.05) is 6.61 Å². The summed E-state index contributed by atoms with van der Waals surface area (Å²) in [7, 11) is 0. The Morgan fingerprint density at radius 1 is 1.33 bits per heavy atom. The molecule has 2 aliphatic rings. The first-order chi connectivity index (χ1) is 15.7. The van der Waals surface area contributed by atoms with Crippen LogP contribution < -0.4 is 0 Å². The molecule has 0 aromatic heterocycles. The number of unbranched alkanes of at least 4 members (excludes halogenated alkanes) is 2. The van der Waals surface area contributed by atoms with Crippen molar-refractivity contribution >= 4 is 11.8 Å². The minimum Gasteiger partial charge on any atom is -0.481 e. The third-order valence-corrected chi connectivity index (χ3v) is 6.24. The largest absolute Gasteiger partial charge is 0.481 e. The number of ketones is 1. The Kier molecular flexibility index (Phi) is 11.4. The SMILES string of the molecule is CCCCC(OC1CCCCO1)C(F)(F)/C=C/[C@H]1C(C)=CC(=O)[C@@H]1C/C=C\CCCC(=O)O. The number of alkyl halides is 2. The zero-order chi connectivity index (χ0) is 24.3. The number of halogens is 2. The number of hydrogen-bond donors (Lipinski definition) is 1. The van der Waals surface area contributed by atoms with Gasteiger partial charge in [-0.15, -0.1) is 0 Å². The summed E-state index contributed by atoms with van der Waals surface area (Å²) in [5, 5.41) is 8.68. The van der Waals surface area contributed by atoms with Crippen LogP contribution >= 0.6 is 0 Å². The van der Waals surface area contributed by atoms with Crippen molar-refractivity contribution in [2.45, 2.75) is 96.4 Å². The van der Waals surface area contributed by atoms with Gasteiger partial charge in [0.1, 0.15) is 6.10 Å². The Morgan fingerprint density at radius 2 is 2.12 bits per heavy atom. The van der Waals surface area contributed by atoms with E-state index in [-0.39, 0.29) is 24.5 Å². The summed E-state index contributed by atoms with van der Waals surface area (Å²) in [6.07, 6.45) is 11.6. The molecule has 2 rings (SSSR count). The summed E-state index contributed by atoms with van der Waals surface area (Å²) >= 11 is 0. The number of ether oxygens (including phenoxy) is 2. The minimum absolute atomic E-state index is 0.0601. The van der Waals surface area contributed by atoms with Gasteiger partial charge in [0.15, 0.2) is 12.1 Å². The molecule has 0 aromatic rings. The van der Waals surface area contributed by atoms with Crippen molar-refractivity contribution in [3.63, 3.8) is 0 Å². The minimum atomic E-state index is -3.17. The lowest BCUT2D eigenvalue weighted by atomic mass is 9.87. The van der Waals surface area contributed by atoms with E-state index in [9.17, 15) is 9.59 Å². The monoisotopic (exact) mass is 468 g/mol. The van der Waals surface area contributed by atoms with Crippen LogP contribution in [0.3, 0.4) is 0 Å². The molecule has 4 atom stereocenters. The highest BCUT2D eigenvalue weighted by molar-refractivity contribution is 5.96. The highest BCUT2D eigenvalue weighted by Gasteiger charge is 2.40. The highest BCUT2D eigenvalue weighted by atomic mass is 19.3. The van der Waals surface area contributed by atoms with Gasteiger partial charge in [0.25, 0.3) is 5.92 Å². The van der Waals surface area contributed by atoms with Crippen LogP contribution in [0.1, 0.15) is 78.1 Å². The molecule has 1 aliphatic heterocycles. The van der Waals surface area contributed by atoms with Crippen molar-refractivity contribution in [1.29, 1.82) is 0 Å². The summed E-state index contributed by atoms with van der Waals surface area (Å²) in [4.78, 5) is 23.0. The van der Waals surface area contributed by atoms with Crippen molar-refractivity contribution in [3.8, 4) is 0 Å². The molecule has 0 saturated carbocycles. The van der Waals surface area contributed by atoms with E-state index in [1.165, 1.54) is 12.2 Å². The van der Waals surface area contributed by atoms with Gasteiger partial charge >= 0.3 is 5.97 Å². The highest BCUT2D eigenvalue weighted by Crippen LogP contribution is 2.36. The number of rotatable bonds is 14. The fourth-order valence-corrected chi connectivity index (χ4v) is 4.28. The second-order valence-electron chi connectivity index (χ2n) is 9.01. The van der Waals surface area contributed by atoms with Crippen LogP contribution in [0.15, 0.2) is 36.0 Å². The van der Waals surface area contributed by atoms with Crippen LogP contribution in [-0.2, 0) is 19.1 Å². The summed E-state index contributed by atoms with van der Waals surface area (Å²) in [6.45, 7) is 4.29. The molecular formula is C26H38F2O5. The number of carboxylic acid groups (broad SMARTS) is 1. The van der Waals surface area contributed by atoms with E-state index < -0.39 is 30.2 Å². The van der Waals surface area contributed by atoms with Crippen molar-refractivity contribution < 1.29 is 33.0 Å². The molecule has 1 saturated heterocycles. The molecule has 33 heavy (non-hydrogen) atoms. The first kappa shape index (κ1) is 27.4. The number of aliphatic carboxylic acids is 1. The molecule has 1 N–H and O–H groups in total. The Balaban J connectivity index is 2.02. The van der Waals surface area contributed by atoms with Gasteiger partial charge in [-0.25, -0.2) is 0 Å². The Hall–Kier alpha value is -1.86. The second kappa shape index (κ2) is 13.8. The number of carbonyl (C=O) groups excluding carboxylic acids is 1. The third kappa shape index (κ3) is 9.13. The molecule has 0 bridgehead atoms. The molecule has 5 nitrogen and oxygen atoms in total. The van der Waals surface area contributed by atoms with Crippen LogP contribution in [0, 0.1) is 11.8 Å². The molecule has 0 aromatic carbocycles. The van der Waals surface area contributed by atoms with Crippen LogP contribution in [0.4, 0.5) is 8.78 Å². The van der Waals surface area contributed by atoms with Gasteiger partial charge in [0.05, 0.1) is 0 Å². The molecule has 1 aliphatic carbocycles. The molecule has 0 amide bonds. The molecule has 1 fully saturated rings. The quantitative estimate of drug-likeness (QED) is 0.241. The van der Waals surface area contributed by atoms with Crippen LogP contribution in [0.5, 0.6) is 0 Å². The van der Waals surface area contributed by atoms with Gasteiger partial charge < -0.3 is 14.6 Å². The van der Waals surface area contributed by atoms with Crippen molar-refractivity contribution in [2.24, 2.45) is 11.8 Å². The van der Waals surface area contributed by atoms with Crippen LogP contribution in [0.25, 0.3) is 0 Å². The number of carbonyl (C=O) groups is 2. The van der Waals surface area contributed by atoms with Crippen LogP contribution in [-0.4, -0.2) is 41.8 Å². The smallest absolute Gasteiger partial charge is 0.303 e. The number of carboxylic acids is 1. The average Bonchev–Trinajstić information content (AvgIpc) is 3.04. The maximum absolute atomic E-state index is 15.2. The van der Waals surface area contributed by atoms with E-state index in [0.29, 0.717) is 38.7 Å². The summed E-state index contributed by atoms with van der Waals surface area (Å²) in [6, 6.07) is 0. The Morgan fingerprint density at radius 3 is 2.79 bits per heavy atom. The van der Waals surface area contributed by atoms with E-state index in [1.807, 2.05) is 19.1 Å². The fourth-order valence-electron chi connectivity index (χ4n) is 4.28. The third-order valence-electron chi connectivity index (χ3n) is 6.24. The molecule has 2 unspecified atom stereocenters. The van der Waals surface area contributed by atoms with Gasteiger partial charge in [-0.1, -0.05) is 43.6 Å². The summed E-state index contributed by atoms with van der Waals surface area (Å²) in [5.74, 6) is -4.86. The van der Waals surface area contributed by atoms with E-state index in [2.05, 4.69) is 0 Å². The van der Waals surface area contributed by atoms with E-state index in [1.54, 1.807) is 6.92 Å². The van der Waals surface area contributed by atoms with Gasteiger partial charge in [-0.2, -0.15) is 8.78 Å². The Bertz CT molecular complexity index is 722. The van der Waals surface area contributed by atoms with Gasteiger partial charge in [-0.3, -0.25) is 9.59 Å². The van der Waals surface area contributed by atoms with E-state index in [4.69, 9.17) is 14.6 Å². The lowest BCUT2D eigenvalue weighted by molar-refractivity contribution is -0.229. The summed E-state index contributed by atoms with van der Waals surface area (Å²) < 4.78 is 41.6. The van der Waals surface area contributed by atoms with E-state index >= 15 is 8.78 Å². The Labute approximate surface area is 195 Å². The molecule has 1 heterocycles. The molecule has 186 valence electrons.